The van der Waals surface area contributed by atoms with Gasteiger partial charge in [-0.1, -0.05) is 31.9 Å². The third-order valence-electron chi connectivity index (χ3n) is 2.34. The van der Waals surface area contributed by atoms with Crippen molar-refractivity contribution in [2.75, 3.05) is 20.3 Å². The molecule has 1 aromatic rings. The van der Waals surface area contributed by atoms with Gasteiger partial charge in [0.05, 0.1) is 20.3 Å². The average molecular weight is 276 g/mol. The Hall–Kier alpha value is -1.99. The van der Waals surface area contributed by atoms with Crippen molar-refractivity contribution in [3.05, 3.63) is 29.8 Å². The van der Waals surface area contributed by atoms with E-state index in [4.69, 9.17) is 14.2 Å². The largest absolute Gasteiger partial charge is 0.497 e. The lowest BCUT2D eigenvalue weighted by Crippen LogP contribution is -2.07. The Morgan fingerprint density at radius 3 is 2.55 bits per heavy atom. The molecule has 0 saturated carbocycles. The number of esters is 1. The molecule has 0 atom stereocenters. The summed E-state index contributed by atoms with van der Waals surface area (Å²) in [7, 11) is 1.62. The van der Waals surface area contributed by atoms with Gasteiger partial charge in [0, 0.05) is 5.92 Å². The second-order valence-electron chi connectivity index (χ2n) is 4.63. The minimum absolute atomic E-state index is 0.197. The molecule has 0 bridgehead atoms. The lowest BCUT2D eigenvalue weighted by atomic mass is 10.2. The second kappa shape index (κ2) is 9.00. The van der Waals surface area contributed by atoms with Gasteiger partial charge in [-0.05, 0) is 23.6 Å². The van der Waals surface area contributed by atoms with E-state index in [0.29, 0.717) is 19.1 Å². The van der Waals surface area contributed by atoms with Crippen LogP contribution in [-0.4, -0.2) is 26.3 Å². The molecule has 4 nitrogen and oxygen atoms in total. The zero-order valence-electron chi connectivity index (χ0n) is 12.1. The van der Waals surface area contributed by atoms with Gasteiger partial charge >= 0.3 is 5.97 Å². The van der Waals surface area contributed by atoms with Gasteiger partial charge in [0.25, 0.3) is 0 Å². The van der Waals surface area contributed by atoms with Crippen LogP contribution in [0.2, 0.25) is 0 Å². The van der Waals surface area contributed by atoms with Crippen molar-refractivity contribution < 1.29 is 19.0 Å². The molecule has 0 radical (unpaired) electrons. The first kappa shape index (κ1) is 16.1. The molecule has 0 unspecified atom stereocenters. The van der Waals surface area contributed by atoms with Crippen molar-refractivity contribution in [2.24, 2.45) is 5.92 Å². The van der Waals surface area contributed by atoms with Crippen molar-refractivity contribution in [3.8, 4) is 17.6 Å². The van der Waals surface area contributed by atoms with Crippen molar-refractivity contribution in [1.29, 1.82) is 0 Å². The van der Waals surface area contributed by atoms with E-state index in [1.54, 1.807) is 7.11 Å². The molecular weight excluding hydrogens is 256 g/mol. The zero-order chi connectivity index (χ0) is 14.8. The molecule has 0 aromatic heterocycles. The van der Waals surface area contributed by atoms with E-state index in [9.17, 15) is 4.79 Å². The standard InChI is InChI=1S/C16H20O4/c1-13(2)11-20-16(17)5-4-10-19-12-14-6-8-15(18-3)9-7-14/h6-9,13H,10-12H2,1-3H3. The highest BCUT2D eigenvalue weighted by Gasteiger charge is 1.99. The highest BCUT2D eigenvalue weighted by Crippen LogP contribution is 2.11. The molecular formula is C16H20O4. The van der Waals surface area contributed by atoms with Crippen LogP contribution in [0.3, 0.4) is 0 Å². The van der Waals surface area contributed by atoms with Crippen LogP contribution in [0.15, 0.2) is 24.3 Å². The SMILES string of the molecule is COc1ccc(COCC#CC(=O)OCC(C)C)cc1. The zero-order valence-corrected chi connectivity index (χ0v) is 12.1. The van der Waals surface area contributed by atoms with Crippen molar-refractivity contribution in [2.45, 2.75) is 20.5 Å². The highest BCUT2D eigenvalue weighted by molar-refractivity contribution is 5.88. The van der Waals surface area contributed by atoms with Crippen LogP contribution < -0.4 is 4.74 Å². The summed E-state index contributed by atoms with van der Waals surface area (Å²) in [4.78, 5) is 11.2. The van der Waals surface area contributed by atoms with Crippen LogP contribution in [0.25, 0.3) is 0 Å². The van der Waals surface area contributed by atoms with E-state index in [-0.39, 0.29) is 6.61 Å². The van der Waals surface area contributed by atoms with Crippen molar-refractivity contribution >= 4 is 5.97 Å². The summed E-state index contributed by atoms with van der Waals surface area (Å²) in [5.74, 6) is 5.63. The van der Waals surface area contributed by atoms with Crippen LogP contribution in [0.4, 0.5) is 0 Å². The number of benzene rings is 1. The number of ether oxygens (including phenoxy) is 3. The van der Waals surface area contributed by atoms with E-state index in [0.717, 1.165) is 11.3 Å². The number of rotatable bonds is 6. The van der Waals surface area contributed by atoms with Crippen molar-refractivity contribution in [3.63, 3.8) is 0 Å². The predicted molar refractivity (Wildman–Crippen MR) is 76.2 cm³/mol. The lowest BCUT2D eigenvalue weighted by molar-refractivity contribution is -0.137. The Bertz CT molecular complexity index is 465. The average Bonchev–Trinajstić information content (AvgIpc) is 2.45. The summed E-state index contributed by atoms with van der Waals surface area (Å²) in [5, 5.41) is 0. The van der Waals surface area contributed by atoms with Gasteiger partial charge in [-0.2, -0.15) is 0 Å². The molecule has 0 aliphatic carbocycles. The van der Waals surface area contributed by atoms with Crippen LogP contribution in [0.1, 0.15) is 19.4 Å². The summed E-state index contributed by atoms with van der Waals surface area (Å²) in [6.07, 6.45) is 0. The van der Waals surface area contributed by atoms with Gasteiger partial charge in [-0.25, -0.2) is 4.79 Å². The fraction of sp³-hybridized carbons (Fsp3) is 0.438. The van der Waals surface area contributed by atoms with Gasteiger partial charge in [0.1, 0.15) is 12.4 Å². The number of hydrogen-bond donors (Lipinski definition) is 0. The summed E-state index contributed by atoms with van der Waals surface area (Å²) in [6, 6.07) is 7.58. The Labute approximate surface area is 120 Å². The Morgan fingerprint density at radius 1 is 1.25 bits per heavy atom. The fourth-order valence-corrected chi connectivity index (χ4v) is 1.33. The van der Waals surface area contributed by atoms with E-state index in [1.807, 2.05) is 38.1 Å². The molecule has 0 amide bonds. The summed E-state index contributed by atoms with van der Waals surface area (Å²) in [5.41, 5.74) is 1.02. The highest BCUT2D eigenvalue weighted by atomic mass is 16.5. The molecule has 108 valence electrons. The fourth-order valence-electron chi connectivity index (χ4n) is 1.33. The molecule has 0 aliphatic rings. The Kier molecular flexibility index (Phi) is 7.23. The molecule has 0 spiro atoms. The minimum atomic E-state index is -0.508. The first-order chi connectivity index (χ1) is 9.61. The number of carbonyl (C=O) groups excluding carboxylic acids is 1. The molecule has 1 aromatic carbocycles. The molecule has 4 heteroatoms. The van der Waals surface area contributed by atoms with E-state index in [2.05, 4.69) is 11.8 Å². The van der Waals surface area contributed by atoms with Gasteiger partial charge in [0.15, 0.2) is 0 Å². The molecule has 0 fully saturated rings. The lowest BCUT2D eigenvalue weighted by Gasteiger charge is -2.03. The van der Waals surface area contributed by atoms with E-state index < -0.39 is 5.97 Å². The van der Waals surface area contributed by atoms with E-state index in [1.165, 1.54) is 0 Å². The van der Waals surface area contributed by atoms with Crippen LogP contribution in [0, 0.1) is 17.8 Å². The molecule has 0 heterocycles. The molecule has 0 saturated heterocycles. The maximum absolute atomic E-state index is 11.2. The number of hydrogen-bond acceptors (Lipinski definition) is 4. The quantitative estimate of drug-likeness (QED) is 0.346. The minimum Gasteiger partial charge on any atom is -0.497 e. The van der Waals surface area contributed by atoms with Gasteiger partial charge in [0.2, 0.25) is 0 Å². The third-order valence-corrected chi connectivity index (χ3v) is 2.34. The van der Waals surface area contributed by atoms with Crippen LogP contribution >= 0.6 is 0 Å². The van der Waals surface area contributed by atoms with Gasteiger partial charge in [-0.15, -0.1) is 0 Å². The summed E-state index contributed by atoms with van der Waals surface area (Å²) < 4.78 is 15.3. The van der Waals surface area contributed by atoms with Crippen molar-refractivity contribution in [1.82, 2.24) is 0 Å². The Balaban J connectivity index is 2.22. The van der Waals surface area contributed by atoms with Crippen LogP contribution in [-0.2, 0) is 20.9 Å². The first-order valence-electron chi connectivity index (χ1n) is 6.48. The summed E-state index contributed by atoms with van der Waals surface area (Å²) >= 11 is 0. The van der Waals surface area contributed by atoms with E-state index >= 15 is 0 Å². The smallest absolute Gasteiger partial charge is 0.384 e. The van der Waals surface area contributed by atoms with Crippen LogP contribution in [0.5, 0.6) is 5.75 Å². The third kappa shape index (κ3) is 6.81. The number of carbonyl (C=O) groups is 1. The monoisotopic (exact) mass is 276 g/mol. The molecule has 0 aliphatic heterocycles. The molecule has 1 rings (SSSR count). The van der Waals surface area contributed by atoms with Gasteiger partial charge in [-0.3, -0.25) is 0 Å². The normalized spacial score (nSPS) is 9.80. The molecule has 0 N–H and O–H groups in total. The first-order valence-corrected chi connectivity index (χ1v) is 6.48. The predicted octanol–water partition coefficient (Wildman–Crippen LogP) is 2.41. The molecule has 20 heavy (non-hydrogen) atoms. The maximum atomic E-state index is 11.2. The maximum Gasteiger partial charge on any atom is 0.384 e. The Morgan fingerprint density at radius 2 is 1.95 bits per heavy atom. The van der Waals surface area contributed by atoms with Gasteiger partial charge < -0.3 is 14.2 Å². The second-order valence-corrected chi connectivity index (χ2v) is 4.63. The summed E-state index contributed by atoms with van der Waals surface area (Å²) in [6.45, 7) is 4.97. The topological polar surface area (TPSA) is 44.8 Å². The number of methoxy groups -OCH3 is 1.